The zero-order chi connectivity index (χ0) is 21.3. The summed E-state index contributed by atoms with van der Waals surface area (Å²) < 4.78 is 5.41. The van der Waals surface area contributed by atoms with Gasteiger partial charge in [0.25, 0.3) is 5.91 Å². The van der Waals surface area contributed by atoms with Crippen LogP contribution in [0.1, 0.15) is 29.0 Å². The van der Waals surface area contributed by atoms with E-state index in [1.807, 2.05) is 43.3 Å². The molecule has 3 aromatic rings. The Kier molecular flexibility index (Phi) is 7.16. The highest BCUT2D eigenvalue weighted by Crippen LogP contribution is 2.28. The van der Waals surface area contributed by atoms with E-state index >= 15 is 0 Å². The SMILES string of the molecule is Cc1ccc([N+](=O)[O-])c(OCC(=O)NCCC(c2ccccc2)c2ccccc2)c1. The molecule has 0 unspecified atom stereocenters. The number of carbonyl (C=O) groups is 1. The molecule has 6 heteroatoms. The van der Waals surface area contributed by atoms with Gasteiger partial charge in [0.05, 0.1) is 4.92 Å². The number of nitro groups is 1. The van der Waals surface area contributed by atoms with Crippen LogP contribution in [0.15, 0.2) is 78.9 Å². The van der Waals surface area contributed by atoms with E-state index in [2.05, 4.69) is 29.6 Å². The average Bonchev–Trinajstić information content (AvgIpc) is 2.76. The summed E-state index contributed by atoms with van der Waals surface area (Å²) in [6.07, 6.45) is 0.727. The Bertz CT molecular complexity index is 951. The standard InChI is InChI=1S/C24H24N2O4/c1-18-12-13-22(26(28)29)23(16-18)30-17-24(27)25-15-14-21(19-8-4-2-5-9-19)20-10-6-3-7-11-20/h2-13,16,21H,14-15,17H2,1H3,(H,25,27). The van der Waals surface area contributed by atoms with Gasteiger partial charge in [-0.1, -0.05) is 66.7 Å². The zero-order valence-corrected chi connectivity index (χ0v) is 16.8. The molecule has 0 radical (unpaired) electrons. The van der Waals surface area contributed by atoms with Crippen molar-refractivity contribution in [3.63, 3.8) is 0 Å². The van der Waals surface area contributed by atoms with Crippen LogP contribution in [0.2, 0.25) is 0 Å². The molecule has 0 saturated carbocycles. The lowest BCUT2D eigenvalue weighted by Crippen LogP contribution is -2.30. The molecule has 30 heavy (non-hydrogen) atoms. The summed E-state index contributed by atoms with van der Waals surface area (Å²) in [5, 5.41) is 14.0. The number of nitrogens with one attached hydrogen (secondary N) is 1. The van der Waals surface area contributed by atoms with Crippen molar-refractivity contribution >= 4 is 11.6 Å². The van der Waals surface area contributed by atoms with Gasteiger partial charge in [-0.3, -0.25) is 14.9 Å². The molecule has 0 aromatic heterocycles. The molecule has 1 amide bonds. The number of nitrogens with zero attached hydrogens (tertiary/aromatic N) is 1. The fourth-order valence-corrected chi connectivity index (χ4v) is 3.33. The van der Waals surface area contributed by atoms with Crippen LogP contribution in [0.3, 0.4) is 0 Å². The van der Waals surface area contributed by atoms with Gasteiger partial charge >= 0.3 is 5.69 Å². The van der Waals surface area contributed by atoms with Crippen molar-refractivity contribution in [2.75, 3.05) is 13.2 Å². The molecule has 0 aliphatic heterocycles. The van der Waals surface area contributed by atoms with Gasteiger partial charge in [0, 0.05) is 18.5 Å². The second-order valence-corrected chi connectivity index (χ2v) is 7.03. The monoisotopic (exact) mass is 404 g/mol. The fraction of sp³-hybridized carbons (Fsp3) is 0.208. The largest absolute Gasteiger partial charge is 0.477 e. The topological polar surface area (TPSA) is 81.5 Å². The smallest absolute Gasteiger partial charge is 0.310 e. The normalized spacial score (nSPS) is 10.6. The number of hydrogen-bond donors (Lipinski definition) is 1. The zero-order valence-electron chi connectivity index (χ0n) is 16.8. The molecule has 0 fully saturated rings. The molecule has 0 bridgehead atoms. The predicted octanol–water partition coefficient (Wildman–Crippen LogP) is 4.62. The Balaban J connectivity index is 1.58. The van der Waals surface area contributed by atoms with E-state index in [0.717, 1.165) is 12.0 Å². The van der Waals surface area contributed by atoms with Gasteiger partial charge in [-0.25, -0.2) is 0 Å². The molecule has 6 nitrogen and oxygen atoms in total. The van der Waals surface area contributed by atoms with E-state index in [9.17, 15) is 14.9 Å². The maximum atomic E-state index is 12.2. The second-order valence-electron chi connectivity index (χ2n) is 7.03. The van der Waals surface area contributed by atoms with Crippen LogP contribution < -0.4 is 10.1 Å². The molecule has 3 aromatic carbocycles. The summed E-state index contributed by atoms with van der Waals surface area (Å²) in [7, 11) is 0. The van der Waals surface area contributed by atoms with Crippen molar-refractivity contribution in [1.29, 1.82) is 0 Å². The third-order valence-electron chi connectivity index (χ3n) is 4.83. The quantitative estimate of drug-likeness (QED) is 0.417. The number of benzene rings is 3. The molecule has 0 aliphatic rings. The van der Waals surface area contributed by atoms with Crippen molar-refractivity contribution in [3.8, 4) is 5.75 Å². The van der Waals surface area contributed by atoms with Crippen molar-refractivity contribution in [1.82, 2.24) is 5.32 Å². The number of carbonyl (C=O) groups excluding carboxylic acids is 1. The Morgan fingerprint density at radius 2 is 1.60 bits per heavy atom. The third-order valence-corrected chi connectivity index (χ3v) is 4.83. The molecule has 0 saturated heterocycles. The van der Waals surface area contributed by atoms with Crippen LogP contribution in [0.5, 0.6) is 5.75 Å². The Morgan fingerprint density at radius 3 is 2.17 bits per heavy atom. The van der Waals surface area contributed by atoms with Crippen LogP contribution in [-0.4, -0.2) is 24.0 Å². The van der Waals surface area contributed by atoms with E-state index in [-0.39, 0.29) is 29.9 Å². The maximum Gasteiger partial charge on any atom is 0.310 e. The first kappa shape index (κ1) is 21.0. The van der Waals surface area contributed by atoms with Gasteiger partial charge < -0.3 is 10.1 Å². The summed E-state index contributed by atoms with van der Waals surface area (Å²) >= 11 is 0. The van der Waals surface area contributed by atoms with Crippen molar-refractivity contribution in [2.45, 2.75) is 19.3 Å². The van der Waals surface area contributed by atoms with Crippen LogP contribution in [-0.2, 0) is 4.79 Å². The van der Waals surface area contributed by atoms with E-state index < -0.39 is 4.92 Å². The molecular formula is C24H24N2O4. The fourth-order valence-electron chi connectivity index (χ4n) is 3.33. The molecule has 0 atom stereocenters. The third kappa shape index (κ3) is 5.67. The van der Waals surface area contributed by atoms with Crippen LogP contribution >= 0.6 is 0 Å². The van der Waals surface area contributed by atoms with E-state index in [4.69, 9.17) is 4.74 Å². The first-order chi connectivity index (χ1) is 14.5. The maximum absolute atomic E-state index is 12.2. The van der Waals surface area contributed by atoms with Crippen molar-refractivity contribution < 1.29 is 14.5 Å². The summed E-state index contributed by atoms with van der Waals surface area (Å²) in [5.74, 6) is -0.0567. The van der Waals surface area contributed by atoms with E-state index in [1.54, 1.807) is 12.1 Å². The predicted molar refractivity (Wildman–Crippen MR) is 116 cm³/mol. The number of aryl methyl sites for hydroxylation is 1. The van der Waals surface area contributed by atoms with Gasteiger partial charge in [-0.2, -0.15) is 0 Å². The van der Waals surface area contributed by atoms with Gasteiger partial charge in [0.15, 0.2) is 12.4 Å². The van der Waals surface area contributed by atoms with Crippen molar-refractivity contribution in [3.05, 3.63) is 106 Å². The Morgan fingerprint density at radius 1 is 1.00 bits per heavy atom. The van der Waals surface area contributed by atoms with Crippen LogP contribution in [0.25, 0.3) is 0 Å². The lowest BCUT2D eigenvalue weighted by molar-refractivity contribution is -0.385. The summed E-state index contributed by atoms with van der Waals surface area (Å²) in [4.78, 5) is 22.8. The summed E-state index contributed by atoms with van der Waals surface area (Å²) in [6, 6.07) is 24.9. The molecule has 3 rings (SSSR count). The van der Waals surface area contributed by atoms with Crippen LogP contribution in [0, 0.1) is 17.0 Å². The Hall–Kier alpha value is -3.67. The first-order valence-corrected chi connectivity index (χ1v) is 9.79. The van der Waals surface area contributed by atoms with Gasteiger partial charge in [-0.15, -0.1) is 0 Å². The molecule has 0 spiro atoms. The van der Waals surface area contributed by atoms with Gasteiger partial charge in [0.1, 0.15) is 0 Å². The first-order valence-electron chi connectivity index (χ1n) is 9.79. The van der Waals surface area contributed by atoms with Crippen LogP contribution in [0.4, 0.5) is 5.69 Å². The van der Waals surface area contributed by atoms with E-state index in [0.29, 0.717) is 6.54 Å². The lowest BCUT2D eigenvalue weighted by atomic mass is 9.88. The molecular weight excluding hydrogens is 380 g/mol. The number of ether oxygens (including phenoxy) is 1. The minimum absolute atomic E-state index is 0.0987. The van der Waals surface area contributed by atoms with Gasteiger partial charge in [0.2, 0.25) is 0 Å². The number of nitro benzene ring substituents is 1. The molecule has 1 N–H and O–H groups in total. The number of hydrogen-bond acceptors (Lipinski definition) is 4. The van der Waals surface area contributed by atoms with E-state index in [1.165, 1.54) is 17.2 Å². The highest BCUT2D eigenvalue weighted by Gasteiger charge is 2.17. The summed E-state index contributed by atoms with van der Waals surface area (Å²) in [5.41, 5.74) is 3.04. The highest BCUT2D eigenvalue weighted by atomic mass is 16.6. The number of amides is 1. The molecule has 0 heterocycles. The minimum atomic E-state index is -0.517. The summed E-state index contributed by atoms with van der Waals surface area (Å²) in [6.45, 7) is 2.00. The second kappa shape index (κ2) is 10.2. The van der Waals surface area contributed by atoms with Gasteiger partial charge in [-0.05, 0) is 36.1 Å². The molecule has 154 valence electrons. The van der Waals surface area contributed by atoms with Crippen molar-refractivity contribution in [2.24, 2.45) is 0 Å². The average molecular weight is 404 g/mol. The highest BCUT2D eigenvalue weighted by molar-refractivity contribution is 5.77. The molecule has 0 aliphatic carbocycles. The lowest BCUT2D eigenvalue weighted by Gasteiger charge is -2.18. The minimum Gasteiger partial charge on any atom is -0.477 e. The Labute approximate surface area is 175 Å². The number of rotatable bonds is 9.